The highest BCUT2D eigenvalue weighted by molar-refractivity contribution is 5.87. The molecule has 0 amide bonds. The number of carbonyl (C=O) groups is 1. The molecule has 1 aliphatic rings. The first kappa shape index (κ1) is 12.0. The van der Waals surface area contributed by atoms with Gasteiger partial charge >= 0.3 is 5.97 Å². The summed E-state index contributed by atoms with van der Waals surface area (Å²) in [6.45, 7) is 2.80. The zero-order valence-electron chi connectivity index (χ0n) is 9.74. The molecule has 1 aromatic rings. The molecule has 4 heteroatoms. The second-order valence-corrected chi connectivity index (χ2v) is 4.77. The van der Waals surface area contributed by atoms with Gasteiger partial charge in [0.05, 0.1) is 5.56 Å². The van der Waals surface area contributed by atoms with Crippen LogP contribution in [0, 0.1) is 11.7 Å². The van der Waals surface area contributed by atoms with Gasteiger partial charge in [0, 0.05) is 12.6 Å². The Hall–Kier alpha value is -1.42. The van der Waals surface area contributed by atoms with E-state index in [-0.39, 0.29) is 5.56 Å². The average Bonchev–Trinajstić information content (AvgIpc) is 2.22. The Balaban J connectivity index is 1.93. The number of halogens is 1. The van der Waals surface area contributed by atoms with Crippen LogP contribution in [0.3, 0.4) is 0 Å². The second kappa shape index (κ2) is 4.84. The van der Waals surface area contributed by atoms with Crippen LogP contribution in [0.2, 0.25) is 0 Å². The number of nitrogens with one attached hydrogen (secondary N) is 1. The van der Waals surface area contributed by atoms with Crippen molar-refractivity contribution in [3.8, 4) is 0 Å². The van der Waals surface area contributed by atoms with Crippen molar-refractivity contribution in [2.75, 3.05) is 0 Å². The van der Waals surface area contributed by atoms with Gasteiger partial charge in [0.25, 0.3) is 0 Å². The smallest absolute Gasteiger partial charge is 0.338 e. The first-order valence-corrected chi connectivity index (χ1v) is 5.81. The highest BCUT2D eigenvalue weighted by Gasteiger charge is 2.24. The Bertz CT molecular complexity index is 427. The molecule has 0 aromatic heterocycles. The lowest BCUT2D eigenvalue weighted by atomic mass is 9.82. The number of carboxylic acid groups (broad SMARTS) is 1. The zero-order valence-corrected chi connectivity index (χ0v) is 9.74. The summed E-state index contributed by atoms with van der Waals surface area (Å²) in [5, 5.41) is 12.0. The maximum atomic E-state index is 13.4. The monoisotopic (exact) mass is 237 g/mol. The minimum absolute atomic E-state index is 0.272. The SMILES string of the molecule is CC1CC(NCc2ccc(C(=O)O)c(F)c2)C1. The molecule has 0 radical (unpaired) electrons. The molecule has 1 saturated carbocycles. The molecule has 0 bridgehead atoms. The predicted octanol–water partition coefficient (Wildman–Crippen LogP) is 2.41. The molecule has 2 rings (SSSR count). The number of aromatic carboxylic acids is 1. The molecule has 0 aliphatic heterocycles. The summed E-state index contributed by atoms with van der Waals surface area (Å²) in [6, 6.07) is 4.78. The fraction of sp³-hybridized carbons (Fsp3) is 0.462. The van der Waals surface area contributed by atoms with E-state index in [2.05, 4.69) is 12.2 Å². The molecule has 0 atom stereocenters. The molecule has 2 N–H and O–H groups in total. The van der Waals surface area contributed by atoms with Gasteiger partial charge in [-0.3, -0.25) is 0 Å². The predicted molar refractivity (Wildman–Crippen MR) is 62.4 cm³/mol. The highest BCUT2D eigenvalue weighted by atomic mass is 19.1. The van der Waals surface area contributed by atoms with Crippen molar-refractivity contribution >= 4 is 5.97 Å². The molecule has 17 heavy (non-hydrogen) atoms. The molecular weight excluding hydrogens is 221 g/mol. The third kappa shape index (κ3) is 2.82. The van der Waals surface area contributed by atoms with Crippen molar-refractivity contribution in [2.24, 2.45) is 5.92 Å². The topological polar surface area (TPSA) is 49.3 Å². The Morgan fingerprint density at radius 1 is 1.53 bits per heavy atom. The maximum absolute atomic E-state index is 13.4. The molecule has 1 fully saturated rings. The van der Waals surface area contributed by atoms with Crippen molar-refractivity contribution in [3.05, 3.63) is 35.1 Å². The lowest BCUT2D eigenvalue weighted by Crippen LogP contribution is -2.39. The Morgan fingerprint density at radius 2 is 2.24 bits per heavy atom. The number of carboxylic acids is 1. The van der Waals surface area contributed by atoms with Gasteiger partial charge in [-0.05, 0) is 36.5 Å². The fourth-order valence-corrected chi connectivity index (χ4v) is 2.17. The van der Waals surface area contributed by atoms with Crippen LogP contribution < -0.4 is 5.32 Å². The molecule has 1 aromatic carbocycles. The van der Waals surface area contributed by atoms with Gasteiger partial charge in [0.1, 0.15) is 5.82 Å². The van der Waals surface area contributed by atoms with Crippen molar-refractivity contribution in [2.45, 2.75) is 32.4 Å². The van der Waals surface area contributed by atoms with Crippen LogP contribution in [0.15, 0.2) is 18.2 Å². The lowest BCUT2D eigenvalue weighted by molar-refractivity contribution is 0.0692. The summed E-state index contributed by atoms with van der Waals surface area (Å²) >= 11 is 0. The minimum atomic E-state index is -1.23. The van der Waals surface area contributed by atoms with Gasteiger partial charge in [-0.25, -0.2) is 9.18 Å². The first-order valence-electron chi connectivity index (χ1n) is 5.81. The molecule has 1 aliphatic carbocycles. The summed E-state index contributed by atoms with van der Waals surface area (Å²) in [5.74, 6) is -1.12. The van der Waals surface area contributed by atoms with Crippen LogP contribution >= 0.6 is 0 Å². The summed E-state index contributed by atoms with van der Waals surface area (Å²) in [6.07, 6.45) is 2.32. The number of hydrogen-bond donors (Lipinski definition) is 2. The Morgan fingerprint density at radius 3 is 2.76 bits per heavy atom. The van der Waals surface area contributed by atoms with Crippen LogP contribution in [0.4, 0.5) is 4.39 Å². The average molecular weight is 237 g/mol. The van der Waals surface area contributed by atoms with E-state index in [1.54, 1.807) is 6.07 Å². The Labute approximate surface area is 99.7 Å². The second-order valence-electron chi connectivity index (χ2n) is 4.77. The van der Waals surface area contributed by atoms with E-state index >= 15 is 0 Å². The van der Waals surface area contributed by atoms with E-state index < -0.39 is 11.8 Å². The van der Waals surface area contributed by atoms with E-state index in [9.17, 15) is 9.18 Å². The highest BCUT2D eigenvalue weighted by Crippen LogP contribution is 2.26. The number of rotatable bonds is 4. The third-order valence-corrected chi connectivity index (χ3v) is 3.23. The van der Waals surface area contributed by atoms with Crippen molar-refractivity contribution < 1.29 is 14.3 Å². The van der Waals surface area contributed by atoms with Gasteiger partial charge < -0.3 is 10.4 Å². The van der Waals surface area contributed by atoms with Gasteiger partial charge in [-0.15, -0.1) is 0 Å². The van der Waals surface area contributed by atoms with Crippen LogP contribution in [0.5, 0.6) is 0 Å². The van der Waals surface area contributed by atoms with E-state index in [4.69, 9.17) is 5.11 Å². The number of benzene rings is 1. The molecule has 0 heterocycles. The first-order chi connectivity index (χ1) is 8.06. The summed E-state index contributed by atoms with van der Waals surface area (Å²) in [7, 11) is 0. The van der Waals surface area contributed by atoms with E-state index in [1.165, 1.54) is 12.1 Å². The van der Waals surface area contributed by atoms with E-state index in [0.29, 0.717) is 12.6 Å². The van der Waals surface area contributed by atoms with Crippen LogP contribution in [0.1, 0.15) is 35.7 Å². The minimum Gasteiger partial charge on any atom is -0.478 e. The molecular formula is C13H16FNO2. The summed E-state index contributed by atoms with van der Waals surface area (Å²) in [5.41, 5.74) is 0.512. The molecule has 0 unspecified atom stereocenters. The lowest BCUT2D eigenvalue weighted by Gasteiger charge is -2.33. The van der Waals surface area contributed by atoms with Crippen molar-refractivity contribution in [1.29, 1.82) is 0 Å². The largest absolute Gasteiger partial charge is 0.478 e. The molecule has 92 valence electrons. The summed E-state index contributed by atoms with van der Waals surface area (Å²) in [4.78, 5) is 10.6. The van der Waals surface area contributed by atoms with Crippen LogP contribution in [-0.4, -0.2) is 17.1 Å². The zero-order chi connectivity index (χ0) is 12.4. The maximum Gasteiger partial charge on any atom is 0.338 e. The third-order valence-electron chi connectivity index (χ3n) is 3.23. The fourth-order valence-electron chi connectivity index (χ4n) is 2.17. The van der Waals surface area contributed by atoms with Gasteiger partial charge in [0.15, 0.2) is 0 Å². The molecule has 0 spiro atoms. The molecule has 3 nitrogen and oxygen atoms in total. The van der Waals surface area contributed by atoms with Crippen LogP contribution in [-0.2, 0) is 6.54 Å². The summed E-state index contributed by atoms with van der Waals surface area (Å²) < 4.78 is 13.4. The Kier molecular flexibility index (Phi) is 3.43. The van der Waals surface area contributed by atoms with Gasteiger partial charge in [0.2, 0.25) is 0 Å². The normalized spacial score (nSPS) is 23.2. The molecule has 0 saturated heterocycles. The van der Waals surface area contributed by atoms with Crippen molar-refractivity contribution in [1.82, 2.24) is 5.32 Å². The van der Waals surface area contributed by atoms with Gasteiger partial charge in [-0.1, -0.05) is 13.0 Å². The standard InChI is InChI=1S/C13H16FNO2/c1-8-4-10(5-8)15-7-9-2-3-11(13(16)17)12(14)6-9/h2-3,6,8,10,15H,4-5,7H2,1H3,(H,16,17). The van der Waals surface area contributed by atoms with Crippen molar-refractivity contribution in [3.63, 3.8) is 0 Å². The van der Waals surface area contributed by atoms with E-state index in [1.807, 2.05) is 0 Å². The quantitative estimate of drug-likeness (QED) is 0.845. The van der Waals surface area contributed by atoms with Crippen LogP contribution in [0.25, 0.3) is 0 Å². The van der Waals surface area contributed by atoms with E-state index in [0.717, 1.165) is 24.3 Å². The van der Waals surface area contributed by atoms with Gasteiger partial charge in [-0.2, -0.15) is 0 Å². The number of hydrogen-bond acceptors (Lipinski definition) is 2.